The Bertz CT molecular complexity index is 766. The maximum atomic E-state index is 12.4. The lowest BCUT2D eigenvalue weighted by molar-refractivity contribution is -0.140. The zero-order valence-corrected chi connectivity index (χ0v) is 12.2. The second-order valence-corrected chi connectivity index (χ2v) is 4.94. The van der Waals surface area contributed by atoms with Crippen LogP contribution >= 0.6 is 0 Å². The highest BCUT2D eigenvalue weighted by molar-refractivity contribution is 5.98. The van der Waals surface area contributed by atoms with Crippen molar-refractivity contribution in [1.29, 1.82) is 0 Å². The highest BCUT2D eigenvalue weighted by Gasteiger charge is 2.25. The molecule has 4 N–H and O–H groups in total. The number of primary amides is 1. The van der Waals surface area contributed by atoms with Crippen molar-refractivity contribution in [2.24, 2.45) is 5.73 Å². The number of nitrogens with two attached hydrogens (primary N) is 1. The third-order valence-corrected chi connectivity index (χ3v) is 3.24. The summed E-state index contributed by atoms with van der Waals surface area (Å²) in [5.41, 5.74) is 7.08. The van der Waals surface area contributed by atoms with E-state index in [1.54, 1.807) is 17.4 Å². The van der Waals surface area contributed by atoms with E-state index in [1.165, 1.54) is 0 Å². The predicted octanol–water partition coefficient (Wildman–Crippen LogP) is 0.00954. The zero-order valence-electron chi connectivity index (χ0n) is 12.2. The number of nitrogens with one attached hydrogen (secondary N) is 1. The summed E-state index contributed by atoms with van der Waals surface area (Å²) in [6, 6.07) is 3.99. The summed E-state index contributed by atoms with van der Waals surface area (Å²) in [5.74, 6) is -2.75. The highest BCUT2D eigenvalue weighted by atomic mass is 16.4. The van der Waals surface area contributed by atoms with Crippen LogP contribution in [-0.2, 0) is 9.59 Å². The van der Waals surface area contributed by atoms with Crippen molar-refractivity contribution in [3.8, 4) is 0 Å². The van der Waals surface area contributed by atoms with Gasteiger partial charge in [0, 0.05) is 5.69 Å². The summed E-state index contributed by atoms with van der Waals surface area (Å²) in [4.78, 5) is 38.7. The fourth-order valence-electron chi connectivity index (χ4n) is 2.26. The molecule has 8 nitrogen and oxygen atoms in total. The minimum atomic E-state index is -1.38. The van der Waals surface area contributed by atoms with Gasteiger partial charge in [0.1, 0.15) is 17.4 Å². The summed E-state index contributed by atoms with van der Waals surface area (Å²) in [6.45, 7) is 3.47. The van der Waals surface area contributed by atoms with Gasteiger partial charge < -0.3 is 16.2 Å². The number of fused-ring (bicyclic) bond motifs is 1. The van der Waals surface area contributed by atoms with E-state index in [-0.39, 0.29) is 5.69 Å². The van der Waals surface area contributed by atoms with Gasteiger partial charge in [-0.3, -0.25) is 14.0 Å². The van der Waals surface area contributed by atoms with Crippen molar-refractivity contribution >= 4 is 23.4 Å². The summed E-state index contributed by atoms with van der Waals surface area (Å²) in [5, 5.41) is 11.4. The van der Waals surface area contributed by atoms with Crippen LogP contribution in [0.2, 0.25) is 0 Å². The molecule has 0 aliphatic heterocycles. The number of carbonyl (C=O) groups is 3. The topological polar surface area (TPSA) is 127 Å². The molecule has 0 saturated heterocycles. The number of carbonyl (C=O) groups excluding carboxylic acids is 2. The third kappa shape index (κ3) is 2.90. The first kappa shape index (κ1) is 15.5. The van der Waals surface area contributed by atoms with Crippen LogP contribution in [0.25, 0.3) is 5.65 Å². The van der Waals surface area contributed by atoms with Gasteiger partial charge in [-0.05, 0) is 26.0 Å². The van der Waals surface area contributed by atoms with Crippen molar-refractivity contribution in [2.75, 3.05) is 0 Å². The van der Waals surface area contributed by atoms with Gasteiger partial charge in [-0.2, -0.15) is 0 Å². The van der Waals surface area contributed by atoms with Crippen LogP contribution in [-0.4, -0.2) is 38.3 Å². The molecule has 8 heteroatoms. The predicted molar refractivity (Wildman–Crippen MR) is 77.4 cm³/mol. The number of aromatic nitrogens is 2. The summed E-state index contributed by atoms with van der Waals surface area (Å²) in [6.07, 6.45) is -0.476. The number of rotatable bonds is 5. The molecule has 0 aliphatic carbocycles. The smallest absolute Gasteiger partial charge is 0.326 e. The number of aliphatic carboxylic acids is 1. The van der Waals surface area contributed by atoms with Gasteiger partial charge in [0.05, 0.1) is 12.1 Å². The van der Waals surface area contributed by atoms with E-state index < -0.39 is 30.2 Å². The van der Waals surface area contributed by atoms with E-state index in [0.29, 0.717) is 11.3 Å². The van der Waals surface area contributed by atoms with Crippen LogP contribution in [0.15, 0.2) is 18.2 Å². The molecule has 2 rings (SSSR count). The SMILES string of the molecule is Cc1nc2cccc(C)n2c1C(=O)NC(CC(N)=O)C(=O)O. The van der Waals surface area contributed by atoms with Crippen LogP contribution in [0.1, 0.15) is 28.3 Å². The molecule has 2 aromatic rings. The fraction of sp³-hybridized carbons (Fsp3) is 0.286. The Balaban J connectivity index is 2.39. The normalized spacial score (nSPS) is 12.1. The van der Waals surface area contributed by atoms with Crippen LogP contribution in [0, 0.1) is 13.8 Å². The summed E-state index contributed by atoms with van der Waals surface area (Å²) >= 11 is 0. The Morgan fingerprint density at radius 2 is 2.05 bits per heavy atom. The van der Waals surface area contributed by atoms with Crippen molar-refractivity contribution in [3.05, 3.63) is 35.3 Å². The van der Waals surface area contributed by atoms with Gasteiger partial charge in [0.15, 0.2) is 0 Å². The number of amides is 2. The second-order valence-electron chi connectivity index (χ2n) is 4.94. The average molecular weight is 304 g/mol. The van der Waals surface area contributed by atoms with E-state index >= 15 is 0 Å². The minimum Gasteiger partial charge on any atom is -0.480 e. The largest absolute Gasteiger partial charge is 0.480 e. The molecule has 22 heavy (non-hydrogen) atoms. The van der Waals surface area contributed by atoms with E-state index in [1.807, 2.05) is 19.1 Å². The van der Waals surface area contributed by atoms with Gasteiger partial charge >= 0.3 is 5.97 Å². The minimum absolute atomic E-state index is 0.240. The molecule has 2 heterocycles. The number of carboxylic acid groups (broad SMARTS) is 1. The maximum Gasteiger partial charge on any atom is 0.326 e. The molecule has 0 fully saturated rings. The lowest BCUT2D eigenvalue weighted by Crippen LogP contribution is -2.43. The summed E-state index contributed by atoms with van der Waals surface area (Å²) < 4.78 is 1.63. The third-order valence-electron chi connectivity index (χ3n) is 3.24. The van der Waals surface area contributed by atoms with Gasteiger partial charge in [0.25, 0.3) is 5.91 Å². The van der Waals surface area contributed by atoms with Crippen LogP contribution in [0.5, 0.6) is 0 Å². The number of pyridine rings is 1. The second kappa shape index (κ2) is 5.84. The number of carboxylic acids is 1. The Morgan fingerprint density at radius 3 is 2.64 bits per heavy atom. The van der Waals surface area contributed by atoms with E-state index in [9.17, 15) is 14.4 Å². The first-order chi connectivity index (χ1) is 10.3. The molecular weight excluding hydrogens is 288 g/mol. The molecule has 0 spiro atoms. The Labute approximate surface area is 125 Å². The van der Waals surface area contributed by atoms with Crippen molar-refractivity contribution < 1.29 is 19.5 Å². The molecule has 2 amide bonds. The van der Waals surface area contributed by atoms with Gasteiger partial charge in [-0.25, -0.2) is 9.78 Å². The van der Waals surface area contributed by atoms with Crippen LogP contribution in [0.3, 0.4) is 0 Å². The van der Waals surface area contributed by atoms with Crippen LogP contribution < -0.4 is 11.1 Å². The number of hydrogen-bond acceptors (Lipinski definition) is 4. The fourth-order valence-corrected chi connectivity index (χ4v) is 2.26. The Morgan fingerprint density at radius 1 is 1.36 bits per heavy atom. The van der Waals surface area contributed by atoms with E-state index in [2.05, 4.69) is 10.3 Å². The first-order valence-electron chi connectivity index (χ1n) is 6.58. The molecule has 0 saturated carbocycles. The molecule has 0 aromatic carbocycles. The molecule has 0 aliphatic rings. The molecule has 1 atom stereocenters. The lowest BCUT2D eigenvalue weighted by atomic mass is 10.2. The van der Waals surface area contributed by atoms with Gasteiger partial charge in [-0.15, -0.1) is 0 Å². The molecule has 116 valence electrons. The quantitative estimate of drug-likeness (QED) is 0.717. The average Bonchev–Trinajstić information content (AvgIpc) is 2.74. The van der Waals surface area contributed by atoms with Crippen molar-refractivity contribution in [3.63, 3.8) is 0 Å². The number of imidazole rings is 1. The molecule has 0 bridgehead atoms. The Hall–Kier alpha value is -2.90. The lowest BCUT2D eigenvalue weighted by Gasteiger charge is -2.13. The molecule has 1 unspecified atom stereocenters. The van der Waals surface area contributed by atoms with E-state index in [4.69, 9.17) is 10.8 Å². The number of hydrogen-bond donors (Lipinski definition) is 3. The molecule has 2 aromatic heterocycles. The summed E-state index contributed by atoms with van der Waals surface area (Å²) in [7, 11) is 0. The Kier molecular flexibility index (Phi) is 4.11. The molecular formula is C14H16N4O4. The van der Waals surface area contributed by atoms with Crippen molar-refractivity contribution in [1.82, 2.24) is 14.7 Å². The molecule has 0 radical (unpaired) electrons. The van der Waals surface area contributed by atoms with E-state index in [0.717, 1.165) is 5.69 Å². The van der Waals surface area contributed by atoms with Crippen molar-refractivity contribution in [2.45, 2.75) is 26.3 Å². The van der Waals surface area contributed by atoms with Gasteiger partial charge in [-0.1, -0.05) is 6.07 Å². The maximum absolute atomic E-state index is 12.4. The number of aryl methyl sites for hydroxylation is 2. The standard InChI is InChI=1S/C14H16N4O4/c1-7-4-3-5-11-16-8(2)12(18(7)11)13(20)17-9(14(21)22)6-10(15)19/h3-5,9H,6H2,1-2H3,(H2,15,19)(H,17,20)(H,21,22). The number of nitrogens with zero attached hydrogens (tertiary/aromatic N) is 2. The first-order valence-corrected chi connectivity index (χ1v) is 6.58. The zero-order chi connectivity index (χ0) is 16.4. The monoisotopic (exact) mass is 304 g/mol. The highest BCUT2D eigenvalue weighted by Crippen LogP contribution is 2.15. The van der Waals surface area contributed by atoms with Crippen LogP contribution in [0.4, 0.5) is 0 Å². The van der Waals surface area contributed by atoms with Gasteiger partial charge in [0.2, 0.25) is 5.91 Å².